The third-order valence-corrected chi connectivity index (χ3v) is 8.72. The minimum absolute atomic E-state index is 0.400. The fourth-order valence-electron chi connectivity index (χ4n) is 6.99. The van der Waals surface area contributed by atoms with E-state index in [9.17, 15) is 0 Å². The molecule has 3 nitrogen and oxygen atoms in total. The normalized spacial score (nSPS) is 14.9. The van der Waals surface area contributed by atoms with Crippen molar-refractivity contribution >= 4 is 50.2 Å². The predicted octanol–water partition coefficient (Wildman–Crippen LogP) is 9.96. The summed E-state index contributed by atoms with van der Waals surface area (Å²) in [7, 11) is 2.21. The van der Waals surface area contributed by atoms with E-state index in [1.54, 1.807) is 0 Å². The molecule has 3 heteroatoms. The lowest BCUT2D eigenvalue weighted by Gasteiger charge is -2.32. The average Bonchev–Trinajstić information content (AvgIpc) is 3.50. The Labute approximate surface area is 240 Å². The summed E-state index contributed by atoms with van der Waals surface area (Å²) in [6.07, 6.45) is 3.40. The van der Waals surface area contributed by atoms with Crippen LogP contribution in [0, 0.1) is 0 Å². The average molecular weight is 530 g/mol. The Balaban J connectivity index is 1.37. The van der Waals surface area contributed by atoms with E-state index in [4.69, 9.17) is 0 Å². The summed E-state index contributed by atoms with van der Waals surface area (Å²) in [6, 6.07) is 46.0. The SMILES string of the molecule is CC1CC(N(c2ccccc2)c2ccc3c(c2)c2ccccc2n3-c2ccccc2)=Cc2c1n(C)c1ccccc21. The van der Waals surface area contributed by atoms with Crippen molar-refractivity contribution in [3.8, 4) is 5.69 Å². The first-order valence-electron chi connectivity index (χ1n) is 14.4. The van der Waals surface area contributed by atoms with E-state index in [1.165, 1.54) is 66.7 Å². The molecule has 1 unspecified atom stereocenters. The Morgan fingerprint density at radius 3 is 2.02 bits per heavy atom. The number of benzene rings is 5. The molecule has 2 heterocycles. The van der Waals surface area contributed by atoms with Gasteiger partial charge in [0.25, 0.3) is 0 Å². The summed E-state index contributed by atoms with van der Waals surface area (Å²) in [5.74, 6) is 0.400. The fraction of sp³-hybridized carbons (Fsp3) is 0.105. The Hall–Kier alpha value is -5.02. The van der Waals surface area contributed by atoms with E-state index in [0.29, 0.717) is 5.92 Å². The molecule has 198 valence electrons. The summed E-state index contributed by atoms with van der Waals surface area (Å²) in [5, 5.41) is 3.85. The van der Waals surface area contributed by atoms with E-state index >= 15 is 0 Å². The number of nitrogens with zero attached hydrogens (tertiary/aromatic N) is 3. The molecule has 8 rings (SSSR count). The van der Waals surface area contributed by atoms with Gasteiger partial charge in [-0.25, -0.2) is 0 Å². The first-order valence-corrected chi connectivity index (χ1v) is 14.4. The number of allylic oxidation sites excluding steroid dienone is 1. The van der Waals surface area contributed by atoms with Crippen molar-refractivity contribution in [3.63, 3.8) is 0 Å². The lowest BCUT2D eigenvalue weighted by molar-refractivity contribution is 0.671. The van der Waals surface area contributed by atoms with Crippen LogP contribution in [-0.4, -0.2) is 9.13 Å². The third kappa shape index (κ3) is 3.66. The summed E-state index contributed by atoms with van der Waals surface area (Å²) < 4.78 is 4.77. The molecule has 1 aliphatic carbocycles. The highest BCUT2D eigenvalue weighted by molar-refractivity contribution is 6.10. The van der Waals surface area contributed by atoms with E-state index in [0.717, 1.165) is 6.42 Å². The predicted molar refractivity (Wildman–Crippen MR) is 173 cm³/mol. The standard InChI is InChI=1S/C38H31N3/c1-26-23-30(25-34-32-18-9-11-19-35(32)39(2)38(26)34)40(27-13-5-3-6-14-27)29-21-22-37-33(24-29)31-17-10-12-20-36(31)41(37)28-15-7-4-8-16-28/h3-22,24-26H,23H2,1-2H3. The van der Waals surface area contributed by atoms with Crippen molar-refractivity contribution in [2.45, 2.75) is 19.3 Å². The van der Waals surface area contributed by atoms with Crippen molar-refractivity contribution < 1.29 is 0 Å². The van der Waals surface area contributed by atoms with Crippen LogP contribution in [0.4, 0.5) is 11.4 Å². The fourth-order valence-corrected chi connectivity index (χ4v) is 6.99. The van der Waals surface area contributed by atoms with Gasteiger partial charge in [-0.05, 0) is 67.1 Å². The maximum absolute atomic E-state index is 2.47. The van der Waals surface area contributed by atoms with Crippen LogP contribution in [0.5, 0.6) is 0 Å². The third-order valence-electron chi connectivity index (χ3n) is 8.72. The Morgan fingerprint density at radius 2 is 1.24 bits per heavy atom. The Kier molecular flexibility index (Phi) is 5.39. The topological polar surface area (TPSA) is 13.1 Å². The first-order chi connectivity index (χ1) is 20.2. The number of aromatic nitrogens is 2. The first kappa shape index (κ1) is 23.8. The van der Waals surface area contributed by atoms with Crippen LogP contribution in [0.1, 0.15) is 30.5 Å². The second-order valence-electron chi connectivity index (χ2n) is 11.2. The van der Waals surface area contributed by atoms with Gasteiger partial charge in [0.1, 0.15) is 0 Å². The molecule has 0 amide bonds. The van der Waals surface area contributed by atoms with Gasteiger partial charge < -0.3 is 14.0 Å². The molecule has 0 spiro atoms. The van der Waals surface area contributed by atoms with Crippen molar-refractivity contribution in [2.75, 3.05) is 4.90 Å². The number of hydrogen-bond acceptors (Lipinski definition) is 1. The number of fused-ring (bicyclic) bond motifs is 6. The summed E-state index contributed by atoms with van der Waals surface area (Å²) in [4.78, 5) is 2.47. The number of hydrogen-bond donors (Lipinski definition) is 0. The molecule has 0 saturated carbocycles. The van der Waals surface area contributed by atoms with Gasteiger partial charge in [-0.2, -0.15) is 0 Å². The molecule has 0 radical (unpaired) electrons. The molecule has 0 saturated heterocycles. The molecule has 5 aromatic carbocycles. The molecule has 1 atom stereocenters. The number of anilines is 2. The molecule has 0 N–H and O–H groups in total. The zero-order valence-corrected chi connectivity index (χ0v) is 23.3. The van der Waals surface area contributed by atoms with Gasteiger partial charge >= 0.3 is 0 Å². The van der Waals surface area contributed by atoms with Gasteiger partial charge in [0, 0.05) is 68.7 Å². The van der Waals surface area contributed by atoms with Gasteiger partial charge in [-0.15, -0.1) is 0 Å². The van der Waals surface area contributed by atoms with Gasteiger partial charge in [-0.3, -0.25) is 0 Å². The van der Waals surface area contributed by atoms with Crippen LogP contribution in [0.15, 0.2) is 133 Å². The molecule has 0 bridgehead atoms. The molecule has 1 aliphatic rings. The largest absolute Gasteiger partial charge is 0.347 e. The summed E-state index contributed by atoms with van der Waals surface area (Å²) >= 11 is 0. The van der Waals surface area contributed by atoms with Crippen molar-refractivity contribution in [2.24, 2.45) is 7.05 Å². The molecule has 0 fully saturated rings. The highest BCUT2D eigenvalue weighted by atomic mass is 15.2. The summed E-state index contributed by atoms with van der Waals surface area (Å²) in [5.41, 5.74) is 11.4. The zero-order valence-electron chi connectivity index (χ0n) is 23.3. The molecular formula is C38H31N3. The van der Waals surface area contributed by atoms with Gasteiger partial charge in [0.2, 0.25) is 0 Å². The van der Waals surface area contributed by atoms with Crippen LogP contribution >= 0.6 is 0 Å². The minimum atomic E-state index is 0.400. The van der Waals surface area contributed by atoms with Crippen LogP contribution in [0.25, 0.3) is 44.5 Å². The van der Waals surface area contributed by atoms with E-state index < -0.39 is 0 Å². The van der Waals surface area contributed by atoms with E-state index in [1.807, 2.05) is 0 Å². The number of rotatable bonds is 4. The Morgan fingerprint density at radius 1 is 0.610 bits per heavy atom. The highest BCUT2D eigenvalue weighted by Gasteiger charge is 2.28. The molecule has 41 heavy (non-hydrogen) atoms. The zero-order chi connectivity index (χ0) is 27.5. The van der Waals surface area contributed by atoms with Crippen molar-refractivity contribution in [3.05, 3.63) is 144 Å². The quantitative estimate of drug-likeness (QED) is 0.221. The van der Waals surface area contributed by atoms with Crippen LogP contribution in [-0.2, 0) is 7.05 Å². The van der Waals surface area contributed by atoms with Crippen molar-refractivity contribution in [1.82, 2.24) is 9.13 Å². The highest BCUT2D eigenvalue weighted by Crippen LogP contribution is 2.44. The van der Waals surface area contributed by atoms with Gasteiger partial charge in [-0.1, -0.05) is 79.7 Å². The summed E-state index contributed by atoms with van der Waals surface area (Å²) in [6.45, 7) is 2.37. The number of para-hydroxylation sites is 4. The lowest BCUT2D eigenvalue weighted by atomic mass is 9.90. The second kappa shape index (κ2) is 9.28. The minimum Gasteiger partial charge on any atom is -0.347 e. The smallest absolute Gasteiger partial charge is 0.0542 e. The molecule has 7 aromatic rings. The maximum Gasteiger partial charge on any atom is 0.0542 e. The molecule has 0 aliphatic heterocycles. The van der Waals surface area contributed by atoms with Gasteiger partial charge in [0.05, 0.1) is 11.0 Å². The maximum atomic E-state index is 2.47. The van der Waals surface area contributed by atoms with Crippen LogP contribution in [0.3, 0.4) is 0 Å². The lowest BCUT2D eigenvalue weighted by Crippen LogP contribution is -2.21. The van der Waals surface area contributed by atoms with Crippen LogP contribution in [0.2, 0.25) is 0 Å². The Bertz CT molecular complexity index is 2090. The second-order valence-corrected chi connectivity index (χ2v) is 11.2. The van der Waals surface area contributed by atoms with E-state index in [2.05, 4.69) is 161 Å². The monoisotopic (exact) mass is 529 g/mol. The molecule has 2 aromatic heterocycles. The van der Waals surface area contributed by atoms with Crippen molar-refractivity contribution in [1.29, 1.82) is 0 Å². The molecular weight excluding hydrogens is 498 g/mol. The number of aryl methyl sites for hydroxylation is 1. The van der Waals surface area contributed by atoms with E-state index in [-0.39, 0.29) is 0 Å². The van der Waals surface area contributed by atoms with Gasteiger partial charge in [0.15, 0.2) is 0 Å². The van der Waals surface area contributed by atoms with Crippen LogP contribution < -0.4 is 4.90 Å².